The van der Waals surface area contributed by atoms with Crippen LogP contribution in [0.5, 0.6) is 0 Å². The SMILES string of the molecule is [Au].[Fe].[Re].[Rh]. The van der Waals surface area contributed by atoms with E-state index in [1.54, 1.807) is 0 Å². The van der Waals surface area contributed by atoms with E-state index in [0.29, 0.717) is 0 Å². The Morgan fingerprint density at radius 1 is 1.00 bits per heavy atom. The molecule has 0 saturated carbocycles. The van der Waals surface area contributed by atoms with Crippen LogP contribution in [0.15, 0.2) is 0 Å². The van der Waals surface area contributed by atoms with Gasteiger partial charge in [-0.25, -0.2) is 0 Å². The Kier molecular flexibility index (Phi) is 137. The standard InChI is InChI=1S/Au.Fe.Re.Rh. The summed E-state index contributed by atoms with van der Waals surface area (Å²) in [6.45, 7) is 0. The van der Waals surface area contributed by atoms with Crippen molar-refractivity contribution in [2.75, 3.05) is 0 Å². The van der Waals surface area contributed by atoms with E-state index >= 15 is 0 Å². The van der Waals surface area contributed by atoms with Gasteiger partial charge in [-0.05, 0) is 0 Å². The van der Waals surface area contributed by atoms with Crippen LogP contribution in [0.1, 0.15) is 0 Å². The summed E-state index contributed by atoms with van der Waals surface area (Å²) in [4.78, 5) is 0. The largest absolute Gasteiger partial charge is 0 e. The van der Waals surface area contributed by atoms with Gasteiger partial charge in [-0.15, -0.1) is 0 Å². The van der Waals surface area contributed by atoms with Crippen LogP contribution in [-0.4, -0.2) is 0 Å². The van der Waals surface area contributed by atoms with Crippen LogP contribution >= 0.6 is 0 Å². The summed E-state index contributed by atoms with van der Waals surface area (Å²) in [5.41, 5.74) is 0. The molecule has 3 radical (unpaired) electrons. The third-order valence-corrected chi connectivity index (χ3v) is 0. The van der Waals surface area contributed by atoms with Gasteiger partial charge in [0, 0.05) is 79.3 Å². The molecule has 0 saturated heterocycles. The zero-order valence-electron chi connectivity index (χ0n) is 1.37. The predicted octanol–water partition coefficient (Wildman–Crippen LogP) is -0.0100. The molecule has 0 fully saturated rings. The van der Waals surface area contributed by atoms with E-state index in [0.717, 1.165) is 0 Å². The molecule has 0 amide bonds. The van der Waals surface area contributed by atoms with Gasteiger partial charge in [0.05, 0.1) is 0 Å². The van der Waals surface area contributed by atoms with Crippen molar-refractivity contribution < 1.29 is 79.3 Å². The maximum Gasteiger partial charge on any atom is 0 e. The fraction of sp³-hybridized carbons (Fsp3) is 0. The molecule has 35 valence electrons. The minimum atomic E-state index is 0. The van der Waals surface area contributed by atoms with Crippen LogP contribution in [0.3, 0.4) is 0 Å². The van der Waals surface area contributed by atoms with Gasteiger partial charge in [-0.2, -0.15) is 0 Å². The Morgan fingerprint density at radius 3 is 1.00 bits per heavy atom. The monoisotopic (exact) mass is 543 g/mol. The van der Waals surface area contributed by atoms with Crippen LogP contribution in [0.25, 0.3) is 0 Å². The Hall–Kier alpha value is 2.55. The zero-order chi connectivity index (χ0) is 0. The first-order valence-electron chi connectivity index (χ1n) is 0. The van der Waals surface area contributed by atoms with Gasteiger partial charge >= 0.3 is 0 Å². The van der Waals surface area contributed by atoms with E-state index < -0.39 is 0 Å². The Labute approximate surface area is 78.3 Å². The molecule has 0 bridgehead atoms. The number of hydrogen-bond acceptors (Lipinski definition) is 0. The first-order valence-corrected chi connectivity index (χ1v) is 0. The van der Waals surface area contributed by atoms with E-state index in [9.17, 15) is 0 Å². The molecule has 0 nitrogen and oxygen atoms in total. The first kappa shape index (κ1) is 31.1. The van der Waals surface area contributed by atoms with Gasteiger partial charge in [0.15, 0.2) is 0 Å². The van der Waals surface area contributed by atoms with E-state index in [-0.39, 0.29) is 79.3 Å². The van der Waals surface area contributed by atoms with Crippen molar-refractivity contribution >= 4 is 0 Å². The van der Waals surface area contributed by atoms with E-state index in [1.807, 2.05) is 0 Å². The van der Waals surface area contributed by atoms with Gasteiger partial charge in [0.2, 0.25) is 0 Å². The molecule has 0 aromatic rings. The van der Waals surface area contributed by atoms with Crippen molar-refractivity contribution in [2.24, 2.45) is 0 Å². The van der Waals surface area contributed by atoms with Crippen LogP contribution in [0.4, 0.5) is 0 Å². The molecule has 0 N–H and O–H groups in total. The van der Waals surface area contributed by atoms with Gasteiger partial charge in [-0.1, -0.05) is 0 Å². The molecule has 4 heavy (non-hydrogen) atoms. The van der Waals surface area contributed by atoms with Gasteiger partial charge in [-0.3, -0.25) is 0 Å². The average Bonchev–Trinajstić information content (AvgIpc) is 0. The summed E-state index contributed by atoms with van der Waals surface area (Å²) in [5.74, 6) is 0. The summed E-state index contributed by atoms with van der Waals surface area (Å²) < 4.78 is 0. The van der Waals surface area contributed by atoms with E-state index in [4.69, 9.17) is 0 Å². The van der Waals surface area contributed by atoms with Crippen LogP contribution in [0, 0.1) is 0 Å². The van der Waals surface area contributed by atoms with Crippen molar-refractivity contribution in [3.63, 3.8) is 0 Å². The third-order valence-electron chi connectivity index (χ3n) is 0. The second kappa shape index (κ2) is 17.7. The van der Waals surface area contributed by atoms with Crippen molar-refractivity contribution in [1.29, 1.82) is 0 Å². The molecule has 0 aromatic carbocycles. The summed E-state index contributed by atoms with van der Waals surface area (Å²) >= 11 is 0. The molecule has 0 aliphatic heterocycles. The molecule has 0 aromatic heterocycles. The fourth-order valence-electron chi connectivity index (χ4n) is 0. The molecule has 0 atom stereocenters. The maximum atomic E-state index is 0. The third kappa shape index (κ3) is 8.82. The molecule has 0 aliphatic rings. The Balaban J connectivity index is 0. The van der Waals surface area contributed by atoms with Crippen LogP contribution in [0.2, 0.25) is 0 Å². The summed E-state index contributed by atoms with van der Waals surface area (Å²) in [6, 6.07) is 0. The van der Waals surface area contributed by atoms with Gasteiger partial charge in [0.1, 0.15) is 0 Å². The van der Waals surface area contributed by atoms with Crippen molar-refractivity contribution in [3.8, 4) is 0 Å². The molecular weight excluding hydrogens is 542 g/mol. The first-order chi connectivity index (χ1) is 0. The zero-order valence-corrected chi connectivity index (χ0v) is 8.99. The fourth-order valence-corrected chi connectivity index (χ4v) is 0. The molecule has 0 unspecified atom stereocenters. The normalized spacial score (nSPS) is 0. The minimum Gasteiger partial charge on any atom is 0 e. The van der Waals surface area contributed by atoms with Crippen LogP contribution < -0.4 is 0 Å². The molecule has 0 rings (SSSR count). The Bertz CT molecular complexity index is 8.00. The van der Waals surface area contributed by atoms with Crippen molar-refractivity contribution in [3.05, 3.63) is 0 Å². The molecule has 0 spiro atoms. The van der Waals surface area contributed by atoms with Gasteiger partial charge in [0.25, 0.3) is 0 Å². The van der Waals surface area contributed by atoms with E-state index in [1.165, 1.54) is 0 Å². The van der Waals surface area contributed by atoms with Crippen molar-refractivity contribution in [1.82, 2.24) is 0 Å². The van der Waals surface area contributed by atoms with Gasteiger partial charge < -0.3 is 0 Å². The number of hydrogen-bond donors (Lipinski definition) is 0. The summed E-state index contributed by atoms with van der Waals surface area (Å²) in [7, 11) is 0. The quantitative estimate of drug-likeness (QED) is 0.379. The molecule has 0 aliphatic carbocycles. The molecule has 0 heterocycles. The van der Waals surface area contributed by atoms with Crippen LogP contribution in [-0.2, 0) is 79.3 Å². The maximum absolute atomic E-state index is 0. The molecular formula is AuFeReRh. The van der Waals surface area contributed by atoms with E-state index in [2.05, 4.69) is 0 Å². The minimum absolute atomic E-state index is 0. The molecule has 4 heteroatoms. The predicted molar refractivity (Wildman–Crippen MR) is 0 cm³/mol. The second-order valence-electron chi connectivity index (χ2n) is 0. The Morgan fingerprint density at radius 2 is 1.00 bits per heavy atom. The summed E-state index contributed by atoms with van der Waals surface area (Å²) in [5, 5.41) is 0. The number of rotatable bonds is 0. The average molecular weight is 542 g/mol. The second-order valence-corrected chi connectivity index (χ2v) is 0. The summed E-state index contributed by atoms with van der Waals surface area (Å²) in [6.07, 6.45) is 0. The topological polar surface area (TPSA) is 0 Å². The smallest absolute Gasteiger partial charge is 0 e. The van der Waals surface area contributed by atoms with Crippen molar-refractivity contribution in [2.45, 2.75) is 0 Å².